The van der Waals surface area contributed by atoms with Gasteiger partial charge in [0.1, 0.15) is 0 Å². The summed E-state index contributed by atoms with van der Waals surface area (Å²) >= 11 is 0. The van der Waals surface area contributed by atoms with Crippen molar-refractivity contribution in [3.8, 4) is 6.07 Å². The van der Waals surface area contributed by atoms with Crippen molar-refractivity contribution in [3.63, 3.8) is 0 Å². The summed E-state index contributed by atoms with van der Waals surface area (Å²) in [6, 6.07) is 18.8. The molecule has 0 aromatic heterocycles. The number of nitriles is 1. The van der Waals surface area contributed by atoms with Crippen molar-refractivity contribution in [2.24, 2.45) is 0 Å². The predicted octanol–water partition coefficient (Wildman–Crippen LogP) is 3.31. The summed E-state index contributed by atoms with van der Waals surface area (Å²) in [6.07, 6.45) is 2.53. The molecule has 21 heavy (non-hydrogen) atoms. The summed E-state index contributed by atoms with van der Waals surface area (Å²) in [6.45, 7) is 1.79. The molecule has 2 N–H and O–H groups in total. The third-order valence-corrected chi connectivity index (χ3v) is 3.84. The van der Waals surface area contributed by atoms with E-state index in [4.69, 9.17) is 11.0 Å². The lowest BCUT2D eigenvalue weighted by atomic mass is 10.1. The Morgan fingerprint density at radius 2 is 1.71 bits per heavy atom. The van der Waals surface area contributed by atoms with E-state index < -0.39 is 0 Å². The fraction of sp³-hybridized carbons (Fsp3) is 0.278. The zero-order valence-electron chi connectivity index (χ0n) is 12.0. The third kappa shape index (κ3) is 3.62. The lowest BCUT2D eigenvalue weighted by Crippen LogP contribution is -2.25. The molecule has 3 heteroatoms. The Bertz CT molecular complexity index is 668. The van der Waals surface area contributed by atoms with Crippen molar-refractivity contribution in [2.45, 2.75) is 32.0 Å². The maximum absolute atomic E-state index is 9.01. The number of hydrogen-bond acceptors (Lipinski definition) is 3. The highest BCUT2D eigenvalue weighted by atomic mass is 15.2. The average Bonchev–Trinajstić information content (AvgIpc) is 3.31. The van der Waals surface area contributed by atoms with Gasteiger partial charge in [0.2, 0.25) is 0 Å². The SMILES string of the molecule is N#Cc1cccc(CN(Cc2cccc(N)c2)C2CC2)c1. The molecule has 2 aromatic rings. The van der Waals surface area contributed by atoms with Crippen LogP contribution in [0, 0.1) is 11.3 Å². The molecule has 1 saturated carbocycles. The van der Waals surface area contributed by atoms with Gasteiger partial charge in [-0.05, 0) is 48.2 Å². The van der Waals surface area contributed by atoms with Gasteiger partial charge in [-0.3, -0.25) is 4.90 Å². The molecule has 2 aromatic carbocycles. The van der Waals surface area contributed by atoms with E-state index >= 15 is 0 Å². The summed E-state index contributed by atoms with van der Waals surface area (Å²) < 4.78 is 0. The molecule has 0 saturated heterocycles. The van der Waals surface area contributed by atoms with E-state index in [1.165, 1.54) is 24.0 Å². The van der Waals surface area contributed by atoms with Crippen LogP contribution in [0.1, 0.15) is 29.5 Å². The fourth-order valence-electron chi connectivity index (χ4n) is 2.65. The van der Waals surface area contributed by atoms with Crippen molar-refractivity contribution < 1.29 is 0 Å². The number of nitrogen functional groups attached to an aromatic ring is 1. The quantitative estimate of drug-likeness (QED) is 0.853. The predicted molar refractivity (Wildman–Crippen MR) is 84.3 cm³/mol. The van der Waals surface area contributed by atoms with Crippen molar-refractivity contribution >= 4 is 5.69 Å². The summed E-state index contributed by atoms with van der Waals surface area (Å²) in [5.41, 5.74) is 9.85. The Morgan fingerprint density at radius 3 is 2.33 bits per heavy atom. The van der Waals surface area contributed by atoms with Gasteiger partial charge in [-0.15, -0.1) is 0 Å². The van der Waals surface area contributed by atoms with Crippen LogP contribution in [0.2, 0.25) is 0 Å². The molecule has 1 fully saturated rings. The van der Waals surface area contributed by atoms with Crippen LogP contribution in [0.15, 0.2) is 48.5 Å². The Morgan fingerprint density at radius 1 is 1.05 bits per heavy atom. The molecule has 0 atom stereocenters. The molecule has 3 nitrogen and oxygen atoms in total. The van der Waals surface area contributed by atoms with Gasteiger partial charge in [0, 0.05) is 24.8 Å². The number of nitrogens with two attached hydrogens (primary N) is 1. The minimum Gasteiger partial charge on any atom is -0.399 e. The highest BCUT2D eigenvalue weighted by molar-refractivity contribution is 5.40. The van der Waals surface area contributed by atoms with Crippen molar-refractivity contribution in [1.29, 1.82) is 5.26 Å². The number of anilines is 1. The van der Waals surface area contributed by atoms with Gasteiger partial charge >= 0.3 is 0 Å². The molecule has 0 bridgehead atoms. The van der Waals surface area contributed by atoms with E-state index in [9.17, 15) is 0 Å². The van der Waals surface area contributed by atoms with Gasteiger partial charge < -0.3 is 5.73 Å². The van der Waals surface area contributed by atoms with E-state index in [0.29, 0.717) is 6.04 Å². The van der Waals surface area contributed by atoms with Crippen LogP contribution in [-0.4, -0.2) is 10.9 Å². The number of hydrogen-bond donors (Lipinski definition) is 1. The number of benzene rings is 2. The van der Waals surface area contributed by atoms with E-state index in [0.717, 1.165) is 24.3 Å². The largest absolute Gasteiger partial charge is 0.399 e. The molecule has 1 aliphatic carbocycles. The monoisotopic (exact) mass is 277 g/mol. The summed E-state index contributed by atoms with van der Waals surface area (Å²) in [4.78, 5) is 2.48. The molecule has 3 rings (SSSR count). The zero-order valence-corrected chi connectivity index (χ0v) is 12.0. The second kappa shape index (κ2) is 5.99. The number of rotatable bonds is 5. The molecule has 0 amide bonds. The highest BCUT2D eigenvalue weighted by Gasteiger charge is 2.28. The highest BCUT2D eigenvalue weighted by Crippen LogP contribution is 2.30. The Hall–Kier alpha value is -2.31. The van der Waals surface area contributed by atoms with E-state index in [-0.39, 0.29) is 0 Å². The fourth-order valence-corrected chi connectivity index (χ4v) is 2.65. The first-order chi connectivity index (χ1) is 10.2. The Labute approximate surface area is 125 Å². The van der Waals surface area contributed by atoms with E-state index in [1.807, 2.05) is 36.4 Å². The lowest BCUT2D eigenvalue weighted by molar-refractivity contribution is 0.246. The van der Waals surface area contributed by atoms with Gasteiger partial charge in [0.15, 0.2) is 0 Å². The summed E-state index contributed by atoms with van der Waals surface area (Å²) in [5.74, 6) is 0. The first-order valence-corrected chi connectivity index (χ1v) is 7.32. The van der Waals surface area contributed by atoms with Crippen LogP contribution < -0.4 is 5.73 Å². The summed E-state index contributed by atoms with van der Waals surface area (Å²) in [7, 11) is 0. The van der Waals surface area contributed by atoms with Crippen molar-refractivity contribution in [3.05, 3.63) is 65.2 Å². The van der Waals surface area contributed by atoms with Crippen LogP contribution in [0.25, 0.3) is 0 Å². The maximum Gasteiger partial charge on any atom is 0.0991 e. The molecule has 0 unspecified atom stereocenters. The van der Waals surface area contributed by atoms with Crippen LogP contribution in [0.5, 0.6) is 0 Å². The average molecular weight is 277 g/mol. The molecule has 1 aliphatic rings. The molecular weight excluding hydrogens is 258 g/mol. The lowest BCUT2D eigenvalue weighted by Gasteiger charge is -2.22. The standard InChI is InChI=1S/C18H19N3/c19-11-14-3-1-4-15(9-14)12-21(18-7-8-18)13-16-5-2-6-17(20)10-16/h1-6,9-10,18H,7-8,12-13,20H2. The van der Waals surface area contributed by atoms with E-state index in [2.05, 4.69) is 23.1 Å². The Balaban J connectivity index is 1.74. The van der Waals surface area contributed by atoms with Gasteiger partial charge in [-0.1, -0.05) is 24.3 Å². The molecule has 0 heterocycles. The number of nitrogens with zero attached hydrogens (tertiary/aromatic N) is 2. The smallest absolute Gasteiger partial charge is 0.0991 e. The Kier molecular flexibility index (Phi) is 3.89. The maximum atomic E-state index is 9.01. The van der Waals surface area contributed by atoms with Gasteiger partial charge in [0.25, 0.3) is 0 Å². The zero-order chi connectivity index (χ0) is 14.7. The van der Waals surface area contributed by atoms with Gasteiger partial charge in [0.05, 0.1) is 11.6 Å². The van der Waals surface area contributed by atoms with Crippen molar-refractivity contribution in [2.75, 3.05) is 5.73 Å². The molecule has 0 radical (unpaired) electrons. The topological polar surface area (TPSA) is 53.0 Å². The first kappa shape index (κ1) is 13.7. The van der Waals surface area contributed by atoms with Crippen LogP contribution >= 0.6 is 0 Å². The molecular formula is C18H19N3. The summed E-state index contributed by atoms with van der Waals surface area (Å²) in [5, 5.41) is 9.01. The molecule has 0 aliphatic heterocycles. The first-order valence-electron chi connectivity index (χ1n) is 7.32. The van der Waals surface area contributed by atoms with Crippen LogP contribution in [0.4, 0.5) is 5.69 Å². The minimum absolute atomic E-state index is 0.664. The van der Waals surface area contributed by atoms with Crippen molar-refractivity contribution in [1.82, 2.24) is 4.90 Å². The minimum atomic E-state index is 0.664. The third-order valence-electron chi connectivity index (χ3n) is 3.84. The molecule has 106 valence electrons. The van der Waals surface area contributed by atoms with Crippen LogP contribution in [0.3, 0.4) is 0 Å². The second-order valence-corrected chi connectivity index (χ2v) is 5.69. The van der Waals surface area contributed by atoms with Gasteiger partial charge in [-0.25, -0.2) is 0 Å². The second-order valence-electron chi connectivity index (χ2n) is 5.69. The van der Waals surface area contributed by atoms with E-state index in [1.54, 1.807) is 0 Å². The van der Waals surface area contributed by atoms with Gasteiger partial charge in [-0.2, -0.15) is 5.26 Å². The molecule has 0 spiro atoms. The van der Waals surface area contributed by atoms with Crippen LogP contribution in [-0.2, 0) is 13.1 Å². The normalized spacial score (nSPS) is 14.1.